The summed E-state index contributed by atoms with van der Waals surface area (Å²) in [6.07, 6.45) is -9.29. The standard InChI is InChI=1S/C13H13F7N2O2/c14-11(15)24-6-2-1-5(3-6)22-7-4-12(16,17)10(23)8(7)9(21-22)13(18,19)20/h5-6,10-11,23H,1-4H2/t5-,6-,10-/m0/s1. The number of fused-ring (bicyclic) bond motifs is 1. The van der Waals surface area contributed by atoms with E-state index in [1.807, 2.05) is 0 Å². The minimum atomic E-state index is -5.01. The molecule has 0 amide bonds. The van der Waals surface area contributed by atoms with Crippen molar-refractivity contribution in [3.8, 4) is 0 Å². The first-order valence-corrected chi connectivity index (χ1v) is 7.18. The van der Waals surface area contributed by atoms with Crippen molar-refractivity contribution in [2.24, 2.45) is 0 Å². The highest BCUT2D eigenvalue weighted by atomic mass is 19.4. The van der Waals surface area contributed by atoms with E-state index in [1.165, 1.54) is 0 Å². The first kappa shape index (κ1) is 17.5. The lowest BCUT2D eigenvalue weighted by molar-refractivity contribution is -0.160. The van der Waals surface area contributed by atoms with Gasteiger partial charge in [0.25, 0.3) is 5.92 Å². The van der Waals surface area contributed by atoms with Gasteiger partial charge in [-0.15, -0.1) is 0 Å². The second-order valence-corrected chi connectivity index (χ2v) is 5.98. The number of aromatic nitrogens is 2. The zero-order valence-corrected chi connectivity index (χ0v) is 12.0. The third-order valence-corrected chi connectivity index (χ3v) is 4.39. The first-order chi connectivity index (χ1) is 11.0. The molecule has 11 heteroatoms. The molecule has 0 radical (unpaired) electrons. The predicted octanol–water partition coefficient (Wildman–Crippen LogP) is 3.46. The molecule has 0 bridgehead atoms. The molecule has 1 fully saturated rings. The molecular formula is C13H13F7N2O2. The van der Waals surface area contributed by atoms with Crippen molar-refractivity contribution in [1.82, 2.24) is 9.78 Å². The Labute approximate surface area is 131 Å². The fourth-order valence-corrected chi connectivity index (χ4v) is 3.40. The average Bonchev–Trinajstić information content (AvgIpc) is 3.05. The van der Waals surface area contributed by atoms with Crippen LogP contribution in [0.3, 0.4) is 0 Å². The Balaban J connectivity index is 1.95. The van der Waals surface area contributed by atoms with Crippen LogP contribution in [-0.2, 0) is 17.3 Å². The van der Waals surface area contributed by atoms with Gasteiger partial charge >= 0.3 is 12.8 Å². The molecular weight excluding hydrogens is 349 g/mol. The first-order valence-electron chi connectivity index (χ1n) is 7.18. The number of nitrogens with zero attached hydrogens (tertiary/aromatic N) is 2. The Hall–Kier alpha value is -1.36. The maximum Gasteiger partial charge on any atom is 0.435 e. The van der Waals surface area contributed by atoms with Crippen LogP contribution in [0.1, 0.15) is 48.4 Å². The number of hydrogen-bond acceptors (Lipinski definition) is 3. The van der Waals surface area contributed by atoms with Gasteiger partial charge in [0.2, 0.25) is 0 Å². The Morgan fingerprint density at radius 2 is 1.92 bits per heavy atom. The summed E-state index contributed by atoms with van der Waals surface area (Å²) in [5.74, 6) is -3.73. The van der Waals surface area contributed by atoms with Crippen LogP contribution in [0.5, 0.6) is 0 Å². The van der Waals surface area contributed by atoms with E-state index in [0.29, 0.717) is 0 Å². The Kier molecular flexibility index (Phi) is 4.06. The lowest BCUT2D eigenvalue weighted by Crippen LogP contribution is -2.25. The second-order valence-electron chi connectivity index (χ2n) is 5.98. The van der Waals surface area contributed by atoms with E-state index >= 15 is 0 Å². The molecule has 24 heavy (non-hydrogen) atoms. The van der Waals surface area contributed by atoms with Gasteiger partial charge in [-0.25, -0.2) is 8.78 Å². The fraction of sp³-hybridized carbons (Fsp3) is 0.769. The smallest absolute Gasteiger partial charge is 0.382 e. The monoisotopic (exact) mass is 362 g/mol. The molecule has 3 rings (SSSR count). The summed E-state index contributed by atoms with van der Waals surface area (Å²) < 4.78 is 96.1. The minimum Gasteiger partial charge on any atom is -0.382 e. The molecule has 0 aliphatic heterocycles. The summed E-state index contributed by atoms with van der Waals surface area (Å²) >= 11 is 0. The van der Waals surface area contributed by atoms with Crippen molar-refractivity contribution < 1.29 is 40.6 Å². The molecule has 2 aliphatic carbocycles. The van der Waals surface area contributed by atoms with Crippen molar-refractivity contribution in [2.45, 2.75) is 62.6 Å². The quantitative estimate of drug-likeness (QED) is 0.838. The number of rotatable bonds is 3. The molecule has 136 valence electrons. The van der Waals surface area contributed by atoms with Crippen LogP contribution in [0.15, 0.2) is 0 Å². The fourth-order valence-electron chi connectivity index (χ4n) is 3.40. The molecule has 1 N–H and O–H groups in total. The number of halogens is 7. The van der Waals surface area contributed by atoms with Gasteiger partial charge in [0.1, 0.15) is 6.10 Å². The van der Waals surface area contributed by atoms with Gasteiger partial charge in [-0.05, 0) is 19.3 Å². The third-order valence-electron chi connectivity index (χ3n) is 4.39. The molecule has 1 saturated carbocycles. The van der Waals surface area contributed by atoms with E-state index < -0.39 is 60.3 Å². The van der Waals surface area contributed by atoms with Crippen molar-refractivity contribution in [3.63, 3.8) is 0 Å². The molecule has 0 unspecified atom stereocenters. The molecule has 1 heterocycles. The number of aliphatic hydroxyl groups is 1. The van der Waals surface area contributed by atoms with Crippen molar-refractivity contribution in [2.75, 3.05) is 0 Å². The normalized spacial score (nSPS) is 29.5. The summed E-state index contributed by atoms with van der Waals surface area (Å²) in [7, 11) is 0. The predicted molar refractivity (Wildman–Crippen MR) is 64.6 cm³/mol. The largest absolute Gasteiger partial charge is 0.435 e. The third kappa shape index (κ3) is 2.87. The van der Waals surface area contributed by atoms with Crippen molar-refractivity contribution in [3.05, 3.63) is 17.0 Å². The van der Waals surface area contributed by atoms with Crippen molar-refractivity contribution >= 4 is 0 Å². The SMILES string of the molecule is O[C@H]1c2c(C(F)(F)F)nn([C@H]3CC[C@H](OC(F)F)C3)c2CC1(F)F. The van der Waals surface area contributed by atoms with Crippen LogP contribution in [0.4, 0.5) is 30.7 Å². The molecule has 4 nitrogen and oxygen atoms in total. The average molecular weight is 362 g/mol. The zero-order chi connectivity index (χ0) is 17.9. The number of aliphatic hydroxyl groups excluding tert-OH is 1. The molecule has 0 spiro atoms. The van der Waals surface area contributed by atoms with Crippen LogP contribution in [-0.4, -0.2) is 33.5 Å². The lowest BCUT2D eigenvalue weighted by atomic mass is 10.1. The number of ether oxygens (including phenoxy) is 1. The summed E-state index contributed by atoms with van der Waals surface area (Å²) in [4.78, 5) is 0. The van der Waals surface area contributed by atoms with Gasteiger partial charge in [0, 0.05) is 5.56 Å². The summed E-state index contributed by atoms with van der Waals surface area (Å²) in [5.41, 5.74) is -2.88. The summed E-state index contributed by atoms with van der Waals surface area (Å²) in [5, 5.41) is 12.9. The van der Waals surface area contributed by atoms with Crippen LogP contribution in [0.25, 0.3) is 0 Å². The minimum absolute atomic E-state index is 0.0581. The van der Waals surface area contributed by atoms with Gasteiger partial charge in [-0.1, -0.05) is 0 Å². The van der Waals surface area contributed by atoms with Crippen LogP contribution >= 0.6 is 0 Å². The van der Waals surface area contributed by atoms with Crippen LogP contribution in [0.2, 0.25) is 0 Å². The molecule has 0 aromatic carbocycles. The topological polar surface area (TPSA) is 47.3 Å². The van der Waals surface area contributed by atoms with E-state index in [4.69, 9.17) is 0 Å². The zero-order valence-electron chi connectivity index (χ0n) is 12.0. The van der Waals surface area contributed by atoms with E-state index in [-0.39, 0.29) is 19.3 Å². The molecule has 2 aliphatic rings. The highest BCUT2D eigenvalue weighted by Gasteiger charge is 2.55. The van der Waals surface area contributed by atoms with Gasteiger partial charge in [0.15, 0.2) is 5.69 Å². The number of hydrogen-bond donors (Lipinski definition) is 1. The highest BCUT2D eigenvalue weighted by Crippen LogP contribution is 2.49. The Morgan fingerprint density at radius 1 is 1.25 bits per heavy atom. The number of alkyl halides is 7. The summed E-state index contributed by atoms with van der Waals surface area (Å²) in [6.45, 7) is -3.02. The Bertz CT molecular complexity index is 629. The maximum atomic E-state index is 13.7. The van der Waals surface area contributed by atoms with Crippen molar-refractivity contribution in [1.29, 1.82) is 0 Å². The molecule has 1 aromatic rings. The summed E-state index contributed by atoms with van der Waals surface area (Å²) in [6, 6.07) is -0.764. The van der Waals surface area contributed by atoms with E-state index in [1.54, 1.807) is 0 Å². The van der Waals surface area contributed by atoms with Gasteiger partial charge in [-0.3, -0.25) is 4.68 Å². The molecule has 0 saturated heterocycles. The Morgan fingerprint density at radius 3 is 2.50 bits per heavy atom. The lowest BCUT2D eigenvalue weighted by Gasteiger charge is -2.17. The van der Waals surface area contributed by atoms with E-state index in [2.05, 4.69) is 9.84 Å². The molecule has 1 aromatic heterocycles. The maximum absolute atomic E-state index is 13.7. The van der Waals surface area contributed by atoms with Crippen LogP contribution < -0.4 is 0 Å². The van der Waals surface area contributed by atoms with Gasteiger partial charge in [-0.2, -0.15) is 27.1 Å². The second kappa shape index (κ2) is 5.58. The molecule has 3 atom stereocenters. The van der Waals surface area contributed by atoms with E-state index in [0.717, 1.165) is 4.68 Å². The van der Waals surface area contributed by atoms with E-state index in [9.17, 15) is 35.8 Å². The van der Waals surface area contributed by atoms with Gasteiger partial charge < -0.3 is 9.84 Å². The highest BCUT2D eigenvalue weighted by molar-refractivity contribution is 5.38. The van der Waals surface area contributed by atoms with Gasteiger partial charge in [0.05, 0.1) is 24.3 Å². The van der Waals surface area contributed by atoms with Crippen LogP contribution in [0, 0.1) is 0 Å².